The highest BCUT2D eigenvalue weighted by molar-refractivity contribution is 5.99. The molecule has 0 spiro atoms. The Labute approximate surface area is 95.8 Å². The molecule has 88 valence electrons. The highest BCUT2D eigenvalue weighted by Crippen LogP contribution is 2.24. The van der Waals surface area contributed by atoms with Crippen LogP contribution in [-0.4, -0.2) is 18.6 Å². The summed E-state index contributed by atoms with van der Waals surface area (Å²) in [6, 6.07) is 5.50. The van der Waals surface area contributed by atoms with Crippen molar-refractivity contribution < 1.29 is 9.53 Å². The summed E-state index contributed by atoms with van der Waals surface area (Å²) in [5.41, 5.74) is 7.07. The van der Waals surface area contributed by atoms with Crippen LogP contribution in [0.4, 0.5) is 11.4 Å². The fraction of sp³-hybridized carbons (Fsp3) is 0.417. The first-order valence-electron chi connectivity index (χ1n) is 5.10. The predicted molar refractivity (Wildman–Crippen MR) is 65.3 cm³/mol. The molecule has 0 atom stereocenters. The minimum Gasteiger partial charge on any atom is -0.397 e. The van der Waals surface area contributed by atoms with E-state index in [9.17, 15) is 4.79 Å². The summed E-state index contributed by atoms with van der Waals surface area (Å²) in [7, 11) is 1.50. The molecular formula is C12H18N2O2. The lowest BCUT2D eigenvalue weighted by atomic mass is 10.1. The van der Waals surface area contributed by atoms with E-state index in [2.05, 4.69) is 5.32 Å². The van der Waals surface area contributed by atoms with Crippen LogP contribution >= 0.6 is 0 Å². The van der Waals surface area contributed by atoms with Crippen LogP contribution in [0.3, 0.4) is 0 Å². The number of nitrogens with one attached hydrogen (secondary N) is 1. The van der Waals surface area contributed by atoms with E-state index < -0.39 is 5.60 Å². The normalized spacial score (nSPS) is 11.2. The maximum absolute atomic E-state index is 11.9. The smallest absolute Gasteiger partial charge is 0.256 e. The van der Waals surface area contributed by atoms with Gasteiger partial charge in [-0.15, -0.1) is 0 Å². The number of methoxy groups -OCH3 is 1. The molecule has 4 heteroatoms. The van der Waals surface area contributed by atoms with Crippen LogP contribution in [0.2, 0.25) is 0 Å². The van der Waals surface area contributed by atoms with Gasteiger partial charge in [-0.05, 0) is 32.4 Å². The first-order chi connectivity index (χ1) is 7.38. The average Bonchev–Trinajstić information content (AvgIpc) is 2.23. The van der Waals surface area contributed by atoms with Crippen molar-refractivity contribution in [3.63, 3.8) is 0 Å². The summed E-state index contributed by atoms with van der Waals surface area (Å²) in [6.45, 7) is 5.30. The molecule has 1 aromatic carbocycles. The zero-order chi connectivity index (χ0) is 12.3. The lowest BCUT2D eigenvalue weighted by Crippen LogP contribution is -2.39. The molecule has 0 saturated carbocycles. The number of hydrogen-bond donors (Lipinski definition) is 2. The zero-order valence-corrected chi connectivity index (χ0v) is 10.1. The molecule has 0 aliphatic carbocycles. The topological polar surface area (TPSA) is 64.3 Å². The minimum atomic E-state index is -0.866. The van der Waals surface area contributed by atoms with E-state index in [0.717, 1.165) is 5.56 Å². The molecule has 0 fully saturated rings. The van der Waals surface area contributed by atoms with Gasteiger partial charge in [-0.2, -0.15) is 0 Å². The van der Waals surface area contributed by atoms with Gasteiger partial charge in [0.15, 0.2) is 0 Å². The maximum Gasteiger partial charge on any atom is 0.256 e. The molecule has 16 heavy (non-hydrogen) atoms. The largest absolute Gasteiger partial charge is 0.397 e. The van der Waals surface area contributed by atoms with Crippen molar-refractivity contribution in [2.75, 3.05) is 18.2 Å². The fourth-order valence-corrected chi connectivity index (χ4v) is 1.22. The Hall–Kier alpha value is -1.55. The number of para-hydroxylation sites is 1. The number of amides is 1. The second-order valence-electron chi connectivity index (χ2n) is 4.21. The fourth-order valence-electron chi connectivity index (χ4n) is 1.22. The van der Waals surface area contributed by atoms with Crippen LogP contribution in [0.25, 0.3) is 0 Å². The number of aryl methyl sites for hydroxylation is 1. The summed E-state index contributed by atoms with van der Waals surface area (Å²) in [5.74, 6) is -0.212. The molecule has 0 radical (unpaired) electrons. The molecule has 0 unspecified atom stereocenters. The monoisotopic (exact) mass is 222 g/mol. The van der Waals surface area contributed by atoms with Crippen LogP contribution in [0, 0.1) is 6.92 Å². The quantitative estimate of drug-likeness (QED) is 0.768. The van der Waals surface area contributed by atoms with Crippen molar-refractivity contribution in [2.24, 2.45) is 0 Å². The first kappa shape index (κ1) is 12.5. The number of benzene rings is 1. The Balaban J connectivity index is 2.94. The highest BCUT2D eigenvalue weighted by atomic mass is 16.5. The molecule has 0 aromatic heterocycles. The van der Waals surface area contributed by atoms with Gasteiger partial charge in [-0.25, -0.2) is 0 Å². The van der Waals surface area contributed by atoms with E-state index in [1.165, 1.54) is 7.11 Å². The van der Waals surface area contributed by atoms with E-state index in [4.69, 9.17) is 10.5 Å². The molecule has 0 aliphatic rings. The van der Waals surface area contributed by atoms with Gasteiger partial charge in [-0.1, -0.05) is 12.1 Å². The molecule has 1 amide bonds. The maximum atomic E-state index is 11.9. The van der Waals surface area contributed by atoms with Gasteiger partial charge >= 0.3 is 0 Å². The predicted octanol–water partition coefficient (Wildman–Crippen LogP) is 1.94. The van der Waals surface area contributed by atoms with Crippen LogP contribution < -0.4 is 11.1 Å². The second-order valence-corrected chi connectivity index (χ2v) is 4.21. The molecule has 0 bridgehead atoms. The lowest BCUT2D eigenvalue weighted by Gasteiger charge is -2.22. The SMILES string of the molecule is COC(C)(C)C(=O)Nc1c(C)cccc1N. The number of carbonyl (C=O) groups is 1. The van der Waals surface area contributed by atoms with E-state index in [-0.39, 0.29) is 5.91 Å². The van der Waals surface area contributed by atoms with Crippen LogP contribution in [0.5, 0.6) is 0 Å². The van der Waals surface area contributed by atoms with E-state index in [0.29, 0.717) is 11.4 Å². The van der Waals surface area contributed by atoms with E-state index in [1.54, 1.807) is 19.9 Å². The van der Waals surface area contributed by atoms with Crippen molar-refractivity contribution in [1.29, 1.82) is 0 Å². The van der Waals surface area contributed by atoms with Crippen LogP contribution in [0.1, 0.15) is 19.4 Å². The number of anilines is 2. The number of ether oxygens (including phenoxy) is 1. The van der Waals surface area contributed by atoms with E-state index in [1.807, 2.05) is 19.1 Å². The first-order valence-corrected chi connectivity index (χ1v) is 5.10. The van der Waals surface area contributed by atoms with Crippen molar-refractivity contribution in [3.8, 4) is 0 Å². The number of rotatable bonds is 3. The molecule has 4 nitrogen and oxygen atoms in total. The Bertz CT molecular complexity index is 380. The summed E-state index contributed by atoms with van der Waals surface area (Å²) in [4.78, 5) is 11.9. The third kappa shape index (κ3) is 2.52. The second kappa shape index (κ2) is 4.53. The molecule has 1 rings (SSSR count). The zero-order valence-electron chi connectivity index (χ0n) is 10.1. The summed E-state index contributed by atoms with van der Waals surface area (Å²) in [6.07, 6.45) is 0. The molecular weight excluding hydrogens is 204 g/mol. The third-order valence-electron chi connectivity index (χ3n) is 2.60. The highest BCUT2D eigenvalue weighted by Gasteiger charge is 2.27. The Kier molecular flexibility index (Phi) is 3.55. The molecule has 0 saturated heterocycles. The van der Waals surface area contributed by atoms with Gasteiger partial charge in [-0.3, -0.25) is 4.79 Å². The minimum absolute atomic E-state index is 0.212. The molecule has 3 N–H and O–H groups in total. The molecule has 0 heterocycles. The van der Waals surface area contributed by atoms with Crippen molar-refractivity contribution in [2.45, 2.75) is 26.4 Å². The average molecular weight is 222 g/mol. The number of nitrogen functional groups attached to an aromatic ring is 1. The van der Waals surface area contributed by atoms with Crippen molar-refractivity contribution in [1.82, 2.24) is 0 Å². The Morgan fingerprint density at radius 2 is 2.06 bits per heavy atom. The van der Waals surface area contributed by atoms with Crippen LogP contribution in [-0.2, 0) is 9.53 Å². The van der Waals surface area contributed by atoms with Gasteiger partial charge in [0.2, 0.25) is 0 Å². The third-order valence-corrected chi connectivity index (χ3v) is 2.60. The lowest BCUT2D eigenvalue weighted by molar-refractivity contribution is -0.133. The van der Waals surface area contributed by atoms with Gasteiger partial charge in [0.05, 0.1) is 11.4 Å². The molecule has 1 aromatic rings. The van der Waals surface area contributed by atoms with Gasteiger partial charge in [0.25, 0.3) is 5.91 Å². The summed E-state index contributed by atoms with van der Waals surface area (Å²) in [5, 5.41) is 2.78. The summed E-state index contributed by atoms with van der Waals surface area (Å²) >= 11 is 0. The van der Waals surface area contributed by atoms with Gasteiger partial charge in [0.1, 0.15) is 5.60 Å². The molecule has 0 aliphatic heterocycles. The number of nitrogens with two attached hydrogens (primary N) is 1. The van der Waals surface area contributed by atoms with Gasteiger partial charge < -0.3 is 15.8 Å². The van der Waals surface area contributed by atoms with Gasteiger partial charge in [0, 0.05) is 7.11 Å². The van der Waals surface area contributed by atoms with Crippen molar-refractivity contribution >= 4 is 17.3 Å². The van der Waals surface area contributed by atoms with E-state index >= 15 is 0 Å². The number of hydrogen-bond acceptors (Lipinski definition) is 3. The standard InChI is InChI=1S/C12H18N2O2/c1-8-6-5-7-9(13)10(8)14-11(15)12(2,3)16-4/h5-7H,13H2,1-4H3,(H,14,15). The summed E-state index contributed by atoms with van der Waals surface area (Å²) < 4.78 is 5.10. The van der Waals surface area contributed by atoms with Crippen LogP contribution in [0.15, 0.2) is 18.2 Å². The number of carbonyl (C=O) groups excluding carboxylic acids is 1. The Morgan fingerprint density at radius 1 is 1.44 bits per heavy atom. The Morgan fingerprint density at radius 3 is 2.56 bits per heavy atom. The van der Waals surface area contributed by atoms with Crippen molar-refractivity contribution in [3.05, 3.63) is 23.8 Å².